The van der Waals surface area contributed by atoms with Gasteiger partial charge >= 0.3 is 0 Å². The minimum atomic E-state index is -0.811. The first kappa shape index (κ1) is 22.4. The van der Waals surface area contributed by atoms with Crippen LogP contribution in [-0.2, 0) is 0 Å². The van der Waals surface area contributed by atoms with E-state index < -0.39 is 11.9 Å². The van der Waals surface area contributed by atoms with Crippen molar-refractivity contribution in [2.24, 2.45) is 0 Å². The van der Waals surface area contributed by atoms with Gasteiger partial charge < -0.3 is 15.2 Å². The molecule has 1 saturated heterocycles. The Morgan fingerprint density at radius 1 is 1.20 bits per heavy atom. The molecule has 11 heteroatoms. The van der Waals surface area contributed by atoms with Crippen molar-refractivity contribution < 1.29 is 14.2 Å². The molecule has 1 unspecified atom stereocenters. The van der Waals surface area contributed by atoms with Gasteiger partial charge in [0.25, 0.3) is 0 Å². The van der Waals surface area contributed by atoms with E-state index in [1.54, 1.807) is 10.7 Å². The van der Waals surface area contributed by atoms with Gasteiger partial charge in [0.2, 0.25) is 0 Å². The van der Waals surface area contributed by atoms with Crippen LogP contribution in [0, 0.1) is 5.82 Å². The van der Waals surface area contributed by atoms with Gasteiger partial charge in [0.05, 0.1) is 41.5 Å². The van der Waals surface area contributed by atoms with Crippen molar-refractivity contribution in [1.29, 1.82) is 0 Å². The van der Waals surface area contributed by atoms with Crippen molar-refractivity contribution in [3.63, 3.8) is 0 Å². The Bertz CT molecular complexity index is 1350. The zero-order chi connectivity index (χ0) is 23.9. The molecule has 0 spiro atoms. The summed E-state index contributed by atoms with van der Waals surface area (Å²) in [5.74, 6) is 0.399. The van der Waals surface area contributed by atoms with Crippen molar-refractivity contribution in [2.75, 3.05) is 19.7 Å². The van der Waals surface area contributed by atoms with Crippen LogP contribution in [0.1, 0.15) is 55.1 Å². The van der Waals surface area contributed by atoms with Crippen LogP contribution >= 0.6 is 11.6 Å². The fraction of sp³-hybridized carbons (Fsp3) is 0.417. The van der Waals surface area contributed by atoms with Crippen LogP contribution in [0.4, 0.5) is 4.39 Å². The molecule has 0 amide bonds. The second kappa shape index (κ2) is 9.18. The summed E-state index contributed by atoms with van der Waals surface area (Å²) < 4.78 is 23.3. The first-order chi connectivity index (χ1) is 17.1. The predicted octanol–water partition coefficient (Wildman–Crippen LogP) is 3.69. The molecular weight excluding hydrogens is 473 g/mol. The summed E-state index contributed by atoms with van der Waals surface area (Å²) in [5.41, 5.74) is 3.74. The molecule has 2 N–H and O–H groups in total. The van der Waals surface area contributed by atoms with E-state index in [0.29, 0.717) is 33.9 Å². The minimum absolute atomic E-state index is 0.329. The zero-order valence-electron chi connectivity index (χ0n) is 18.9. The molecule has 2 aliphatic rings. The SMILES string of the molecule is OCC(Oc1cc(-c2nnn(C3CCNCC3)c2C2CC2)cn2ncc(Cl)c12)c1ccc(F)cn1. The Hall–Kier alpha value is -3.08. The molecule has 1 aliphatic heterocycles. The summed E-state index contributed by atoms with van der Waals surface area (Å²) in [6.45, 7) is 1.60. The quantitative estimate of drug-likeness (QED) is 0.401. The Labute approximate surface area is 205 Å². The number of fused-ring (bicyclic) bond motifs is 1. The van der Waals surface area contributed by atoms with Crippen molar-refractivity contribution in [3.05, 3.63) is 59.0 Å². The van der Waals surface area contributed by atoms with E-state index in [0.717, 1.165) is 61.9 Å². The number of piperidine rings is 1. The van der Waals surface area contributed by atoms with E-state index in [9.17, 15) is 9.50 Å². The van der Waals surface area contributed by atoms with Gasteiger partial charge in [-0.3, -0.25) is 4.98 Å². The molecule has 1 saturated carbocycles. The topological polar surface area (TPSA) is 102 Å². The Balaban J connectivity index is 1.42. The van der Waals surface area contributed by atoms with Gasteiger partial charge in [0.15, 0.2) is 6.10 Å². The average Bonchev–Trinajstić information content (AvgIpc) is 3.52. The number of nitrogens with zero attached hydrogens (tertiary/aromatic N) is 6. The maximum absolute atomic E-state index is 13.4. The summed E-state index contributed by atoms with van der Waals surface area (Å²) in [7, 11) is 0. The third-order valence-electron chi connectivity index (χ3n) is 6.67. The van der Waals surface area contributed by atoms with Crippen molar-refractivity contribution >= 4 is 17.1 Å². The van der Waals surface area contributed by atoms with E-state index in [4.69, 9.17) is 16.3 Å². The summed E-state index contributed by atoms with van der Waals surface area (Å²) in [4.78, 5) is 4.07. The molecule has 0 aromatic carbocycles. The lowest BCUT2D eigenvalue weighted by atomic mass is 10.0. The van der Waals surface area contributed by atoms with E-state index in [2.05, 4.69) is 30.4 Å². The molecule has 0 bridgehead atoms. The van der Waals surface area contributed by atoms with Crippen LogP contribution in [0.5, 0.6) is 5.75 Å². The molecule has 1 atom stereocenters. The van der Waals surface area contributed by atoms with Gasteiger partial charge in [0, 0.05) is 17.7 Å². The highest BCUT2D eigenvalue weighted by Gasteiger charge is 2.34. The normalized spacial score (nSPS) is 17.7. The second-order valence-electron chi connectivity index (χ2n) is 9.09. The Kier molecular flexibility index (Phi) is 5.87. The number of halogens is 2. The lowest BCUT2D eigenvalue weighted by Gasteiger charge is -2.24. The third kappa shape index (κ3) is 4.26. The van der Waals surface area contributed by atoms with Crippen LogP contribution in [0.15, 0.2) is 36.8 Å². The van der Waals surface area contributed by atoms with E-state index >= 15 is 0 Å². The summed E-state index contributed by atoms with van der Waals surface area (Å²) in [6.07, 6.45) is 7.99. The molecule has 6 rings (SSSR count). The zero-order valence-corrected chi connectivity index (χ0v) is 19.7. The smallest absolute Gasteiger partial charge is 0.163 e. The van der Waals surface area contributed by atoms with Gasteiger partial charge in [-0.15, -0.1) is 5.10 Å². The van der Waals surface area contributed by atoms with Crippen LogP contribution in [0.3, 0.4) is 0 Å². The minimum Gasteiger partial charge on any atom is -0.479 e. The van der Waals surface area contributed by atoms with Crippen molar-refractivity contribution in [3.8, 4) is 17.0 Å². The number of nitrogens with one attached hydrogen (secondary N) is 1. The highest BCUT2D eigenvalue weighted by molar-refractivity contribution is 6.34. The Morgan fingerprint density at radius 2 is 2.03 bits per heavy atom. The van der Waals surface area contributed by atoms with Crippen LogP contribution in [0.25, 0.3) is 16.8 Å². The first-order valence-electron chi connectivity index (χ1n) is 11.8. The van der Waals surface area contributed by atoms with Gasteiger partial charge in [-0.1, -0.05) is 16.8 Å². The summed E-state index contributed by atoms with van der Waals surface area (Å²) in [6, 6.07) is 4.96. The molecule has 9 nitrogen and oxygen atoms in total. The Morgan fingerprint density at radius 3 is 2.74 bits per heavy atom. The number of rotatable bonds is 7. The molecule has 2 fully saturated rings. The van der Waals surface area contributed by atoms with Gasteiger partial charge in [-0.2, -0.15) is 5.10 Å². The van der Waals surface area contributed by atoms with E-state index in [-0.39, 0.29) is 6.61 Å². The highest BCUT2D eigenvalue weighted by atomic mass is 35.5. The first-order valence-corrected chi connectivity index (χ1v) is 12.2. The number of pyridine rings is 2. The number of aliphatic hydroxyl groups excluding tert-OH is 1. The van der Waals surface area contributed by atoms with Crippen LogP contribution in [0.2, 0.25) is 5.02 Å². The molecule has 4 aromatic heterocycles. The number of hydrogen-bond acceptors (Lipinski definition) is 7. The molecule has 182 valence electrons. The number of aliphatic hydroxyl groups is 1. The third-order valence-corrected chi connectivity index (χ3v) is 6.95. The lowest BCUT2D eigenvalue weighted by Crippen LogP contribution is -2.30. The van der Waals surface area contributed by atoms with Gasteiger partial charge in [-0.05, 0) is 57.0 Å². The molecule has 4 aromatic rings. The molecule has 0 radical (unpaired) electrons. The second-order valence-corrected chi connectivity index (χ2v) is 9.50. The summed E-state index contributed by atoms with van der Waals surface area (Å²) in [5, 5.41) is 27.4. The number of hydrogen-bond donors (Lipinski definition) is 2. The average molecular weight is 498 g/mol. The van der Waals surface area contributed by atoms with Crippen LogP contribution < -0.4 is 10.1 Å². The van der Waals surface area contributed by atoms with Crippen molar-refractivity contribution in [1.82, 2.24) is 34.9 Å². The molecule has 1 aliphatic carbocycles. The molecule has 5 heterocycles. The van der Waals surface area contributed by atoms with Crippen molar-refractivity contribution in [2.45, 2.75) is 43.7 Å². The fourth-order valence-electron chi connectivity index (χ4n) is 4.75. The highest BCUT2D eigenvalue weighted by Crippen LogP contribution is 2.46. The molecule has 35 heavy (non-hydrogen) atoms. The number of ether oxygens (including phenoxy) is 1. The van der Waals surface area contributed by atoms with Gasteiger partial charge in [0.1, 0.15) is 22.8 Å². The van der Waals surface area contributed by atoms with E-state index in [1.807, 2.05) is 12.3 Å². The standard InChI is InChI=1S/C24H25ClFN7O2/c25-18-11-29-32-12-15(9-20(24(18)32)35-21(13-34)19-4-3-16(26)10-28-19)22-23(14-1-2-14)33(31-30-22)17-5-7-27-8-6-17/h3-4,9-12,14,17,21,27,34H,1-2,5-8,13H2. The number of aromatic nitrogens is 6. The fourth-order valence-corrected chi connectivity index (χ4v) is 4.98. The van der Waals surface area contributed by atoms with Crippen LogP contribution in [-0.4, -0.2) is 54.4 Å². The largest absolute Gasteiger partial charge is 0.479 e. The summed E-state index contributed by atoms with van der Waals surface area (Å²) >= 11 is 6.44. The molecular formula is C24H25ClFN7O2. The monoisotopic (exact) mass is 497 g/mol. The van der Waals surface area contributed by atoms with E-state index in [1.165, 1.54) is 12.1 Å². The van der Waals surface area contributed by atoms with Gasteiger partial charge in [-0.25, -0.2) is 13.6 Å². The lowest BCUT2D eigenvalue weighted by molar-refractivity contribution is 0.114. The maximum Gasteiger partial charge on any atom is 0.163 e. The maximum atomic E-state index is 13.4. The predicted molar refractivity (Wildman–Crippen MR) is 127 cm³/mol.